The zero-order valence-corrected chi connectivity index (χ0v) is 5.71. The van der Waals surface area contributed by atoms with Crippen LogP contribution in [0.25, 0.3) is 0 Å². The van der Waals surface area contributed by atoms with Gasteiger partial charge in [0.1, 0.15) is 6.29 Å². The maximum absolute atomic E-state index is 9.73. The van der Waals surface area contributed by atoms with Crippen molar-refractivity contribution in [3.8, 4) is 0 Å². The maximum atomic E-state index is 9.73. The normalized spacial score (nSPS) is 11.2. The number of carbonyl (C=O) groups excluding carboxylic acids is 1. The number of allylic oxidation sites excluding steroid dienone is 4. The van der Waals surface area contributed by atoms with Crippen LogP contribution in [0.4, 0.5) is 0 Å². The van der Waals surface area contributed by atoms with Crippen LogP contribution in [0, 0.1) is 0 Å². The lowest BCUT2D eigenvalue weighted by atomic mass is 10.3. The van der Waals surface area contributed by atoms with Crippen LogP contribution in [0.2, 0.25) is 0 Å². The van der Waals surface area contributed by atoms with Gasteiger partial charge in [0.2, 0.25) is 0 Å². The first-order chi connectivity index (χ1) is 4.41. The number of carbonyl (C=O) groups is 1. The molecule has 1 heteroatoms. The molecule has 0 amide bonds. The molecule has 1 nitrogen and oxygen atoms in total. The van der Waals surface area contributed by atoms with Crippen molar-refractivity contribution in [2.24, 2.45) is 0 Å². The first kappa shape index (κ1) is 8.15. The molecule has 0 aromatic carbocycles. The average molecular weight is 124 g/mol. The molecule has 0 aliphatic carbocycles. The van der Waals surface area contributed by atoms with Crippen molar-refractivity contribution >= 4 is 6.29 Å². The van der Waals surface area contributed by atoms with Gasteiger partial charge in [-0.2, -0.15) is 0 Å². The Hall–Kier alpha value is -0.850. The lowest BCUT2D eigenvalue weighted by Crippen LogP contribution is -1.60. The largest absolute Gasteiger partial charge is 0.299 e. The summed E-state index contributed by atoms with van der Waals surface area (Å²) in [6.45, 7) is 2.08. The van der Waals surface area contributed by atoms with Crippen LogP contribution in [0.15, 0.2) is 24.3 Å². The zero-order valence-electron chi connectivity index (χ0n) is 5.71. The van der Waals surface area contributed by atoms with Gasteiger partial charge in [0, 0.05) is 0 Å². The fourth-order valence-electron chi connectivity index (χ4n) is 0.476. The average Bonchev–Trinajstić information content (AvgIpc) is 1.89. The van der Waals surface area contributed by atoms with Crippen LogP contribution in [0.3, 0.4) is 0 Å². The lowest BCUT2D eigenvalue weighted by molar-refractivity contribution is -0.104. The van der Waals surface area contributed by atoms with Gasteiger partial charge < -0.3 is 0 Å². The highest BCUT2D eigenvalue weighted by atomic mass is 16.1. The monoisotopic (exact) mass is 124 g/mol. The second kappa shape index (κ2) is 7.15. The Labute approximate surface area is 56.1 Å². The standard InChI is InChI=1S/C8H12O/c1-2-3-4-5-6-7-8-9/h3-4,6-8H,2,5H2,1H3/b4-3?,7-6+. The van der Waals surface area contributed by atoms with E-state index in [0.29, 0.717) is 0 Å². The van der Waals surface area contributed by atoms with Crippen molar-refractivity contribution in [3.05, 3.63) is 24.3 Å². The second-order valence-corrected chi connectivity index (χ2v) is 1.68. The summed E-state index contributed by atoms with van der Waals surface area (Å²) in [5.41, 5.74) is 0. The molecule has 0 aromatic rings. The Bertz CT molecular complexity index is 112. The minimum absolute atomic E-state index is 0.791. The molecule has 0 aliphatic heterocycles. The van der Waals surface area contributed by atoms with Crippen molar-refractivity contribution in [2.45, 2.75) is 19.8 Å². The predicted molar refractivity (Wildman–Crippen MR) is 39.3 cm³/mol. The molecule has 0 saturated heterocycles. The highest BCUT2D eigenvalue weighted by Crippen LogP contribution is 1.86. The van der Waals surface area contributed by atoms with Gasteiger partial charge in [0.25, 0.3) is 0 Å². The smallest absolute Gasteiger partial charge is 0.142 e. The topological polar surface area (TPSA) is 17.1 Å². The molecule has 9 heavy (non-hydrogen) atoms. The highest BCUT2D eigenvalue weighted by molar-refractivity contribution is 5.64. The third-order valence-corrected chi connectivity index (χ3v) is 0.889. The quantitative estimate of drug-likeness (QED) is 0.318. The number of rotatable bonds is 4. The summed E-state index contributed by atoms with van der Waals surface area (Å²) in [5.74, 6) is 0. The highest BCUT2D eigenvalue weighted by Gasteiger charge is 1.67. The minimum Gasteiger partial charge on any atom is -0.299 e. The van der Waals surface area contributed by atoms with Crippen LogP contribution in [-0.2, 0) is 4.79 Å². The molecule has 0 fully saturated rings. The Morgan fingerprint density at radius 3 is 2.56 bits per heavy atom. The van der Waals surface area contributed by atoms with Gasteiger partial charge >= 0.3 is 0 Å². The fraction of sp³-hybridized carbons (Fsp3) is 0.375. The lowest BCUT2D eigenvalue weighted by Gasteiger charge is -1.77. The Balaban J connectivity index is 3.17. The van der Waals surface area contributed by atoms with Crippen LogP contribution < -0.4 is 0 Å². The van der Waals surface area contributed by atoms with E-state index in [9.17, 15) is 4.79 Å². The van der Waals surface area contributed by atoms with E-state index >= 15 is 0 Å². The zero-order chi connectivity index (χ0) is 6.95. The first-order valence-electron chi connectivity index (χ1n) is 3.17. The van der Waals surface area contributed by atoms with Gasteiger partial charge in [-0.1, -0.05) is 25.2 Å². The van der Waals surface area contributed by atoms with Crippen molar-refractivity contribution < 1.29 is 4.79 Å². The molecule has 0 N–H and O–H groups in total. The summed E-state index contributed by atoms with van der Waals surface area (Å²) in [4.78, 5) is 9.73. The summed E-state index contributed by atoms with van der Waals surface area (Å²) in [5, 5.41) is 0. The summed E-state index contributed by atoms with van der Waals surface area (Å²) < 4.78 is 0. The fourth-order valence-corrected chi connectivity index (χ4v) is 0.476. The van der Waals surface area contributed by atoms with Crippen LogP contribution in [-0.4, -0.2) is 6.29 Å². The summed E-state index contributed by atoms with van der Waals surface area (Å²) in [6, 6.07) is 0. The van der Waals surface area contributed by atoms with Crippen molar-refractivity contribution in [1.29, 1.82) is 0 Å². The Kier molecular flexibility index (Phi) is 6.47. The molecular formula is C8H12O. The molecule has 0 spiro atoms. The summed E-state index contributed by atoms with van der Waals surface area (Å²) in [7, 11) is 0. The van der Waals surface area contributed by atoms with Crippen LogP contribution in [0.1, 0.15) is 19.8 Å². The molecule has 0 saturated carbocycles. The SMILES string of the molecule is CCC=CC/C=C/C=O. The van der Waals surface area contributed by atoms with Crippen LogP contribution in [0.5, 0.6) is 0 Å². The van der Waals surface area contributed by atoms with E-state index < -0.39 is 0 Å². The molecule has 50 valence electrons. The van der Waals surface area contributed by atoms with Gasteiger partial charge in [0.15, 0.2) is 0 Å². The molecule has 0 radical (unpaired) electrons. The van der Waals surface area contributed by atoms with Crippen molar-refractivity contribution in [2.75, 3.05) is 0 Å². The third kappa shape index (κ3) is 7.15. The molecular weight excluding hydrogens is 112 g/mol. The van der Waals surface area contributed by atoms with Gasteiger partial charge in [-0.05, 0) is 18.9 Å². The third-order valence-electron chi connectivity index (χ3n) is 0.889. The van der Waals surface area contributed by atoms with E-state index in [1.807, 2.05) is 12.2 Å². The van der Waals surface area contributed by atoms with E-state index in [1.54, 1.807) is 0 Å². The molecule has 0 bridgehead atoms. The molecule has 0 aromatic heterocycles. The van der Waals surface area contributed by atoms with E-state index in [4.69, 9.17) is 0 Å². The minimum atomic E-state index is 0.791. The summed E-state index contributed by atoms with van der Waals surface area (Å²) >= 11 is 0. The number of aldehydes is 1. The first-order valence-corrected chi connectivity index (χ1v) is 3.17. The number of hydrogen-bond donors (Lipinski definition) is 0. The van der Waals surface area contributed by atoms with E-state index in [0.717, 1.165) is 19.1 Å². The molecule has 0 heterocycles. The maximum Gasteiger partial charge on any atom is 0.142 e. The molecule has 0 aliphatic rings. The van der Waals surface area contributed by atoms with E-state index in [2.05, 4.69) is 13.0 Å². The Morgan fingerprint density at radius 1 is 1.22 bits per heavy atom. The van der Waals surface area contributed by atoms with Crippen molar-refractivity contribution in [3.63, 3.8) is 0 Å². The van der Waals surface area contributed by atoms with Gasteiger partial charge in [0.05, 0.1) is 0 Å². The van der Waals surface area contributed by atoms with E-state index in [-0.39, 0.29) is 0 Å². The predicted octanol–water partition coefficient (Wildman–Crippen LogP) is 2.10. The second-order valence-electron chi connectivity index (χ2n) is 1.68. The van der Waals surface area contributed by atoms with Crippen molar-refractivity contribution in [1.82, 2.24) is 0 Å². The van der Waals surface area contributed by atoms with Crippen LogP contribution >= 0.6 is 0 Å². The summed E-state index contributed by atoms with van der Waals surface area (Å²) in [6.07, 6.45) is 10.2. The van der Waals surface area contributed by atoms with Gasteiger partial charge in [-0.15, -0.1) is 0 Å². The van der Waals surface area contributed by atoms with E-state index in [1.165, 1.54) is 6.08 Å². The number of hydrogen-bond acceptors (Lipinski definition) is 1. The molecule has 0 rings (SSSR count). The van der Waals surface area contributed by atoms with Gasteiger partial charge in [-0.3, -0.25) is 4.79 Å². The van der Waals surface area contributed by atoms with Gasteiger partial charge in [-0.25, -0.2) is 0 Å². The molecule has 0 unspecified atom stereocenters. The Morgan fingerprint density at radius 2 is 2.00 bits per heavy atom. The molecule has 0 atom stereocenters.